The van der Waals surface area contributed by atoms with Gasteiger partial charge in [0.25, 0.3) is 0 Å². The van der Waals surface area contributed by atoms with Gasteiger partial charge in [-0.15, -0.1) is 11.8 Å². The molecule has 0 aliphatic heterocycles. The van der Waals surface area contributed by atoms with Crippen LogP contribution in [0, 0.1) is 0 Å². The summed E-state index contributed by atoms with van der Waals surface area (Å²) in [5.74, 6) is 1.19. The van der Waals surface area contributed by atoms with Crippen molar-refractivity contribution < 1.29 is 4.79 Å². The lowest BCUT2D eigenvalue weighted by molar-refractivity contribution is -0.129. The van der Waals surface area contributed by atoms with Gasteiger partial charge in [-0.25, -0.2) is 0 Å². The van der Waals surface area contributed by atoms with Gasteiger partial charge in [0.15, 0.2) is 0 Å². The Hall–Kier alpha value is -1.00. The molecule has 0 aromatic heterocycles. The zero-order valence-corrected chi connectivity index (χ0v) is 11.5. The molecular weight excluding hydrogens is 232 g/mol. The van der Waals surface area contributed by atoms with E-state index in [0.717, 1.165) is 11.3 Å². The van der Waals surface area contributed by atoms with Crippen LogP contribution < -0.4 is 5.32 Å². The summed E-state index contributed by atoms with van der Waals surface area (Å²) in [6, 6.07) is 8.39. The Balaban J connectivity index is 2.53. The van der Waals surface area contributed by atoms with E-state index in [0.29, 0.717) is 13.1 Å². The molecule has 0 bridgehead atoms. The second kappa shape index (κ2) is 7.35. The van der Waals surface area contributed by atoms with Crippen LogP contribution in [-0.2, 0) is 11.3 Å². The van der Waals surface area contributed by atoms with E-state index < -0.39 is 0 Å². The highest BCUT2D eigenvalue weighted by Gasteiger charge is 2.07. The Labute approximate surface area is 108 Å². The molecule has 0 saturated carbocycles. The summed E-state index contributed by atoms with van der Waals surface area (Å²) >= 11 is 1.83. The molecule has 1 rings (SSSR count). The Bertz CT molecular complexity index is 351. The molecule has 17 heavy (non-hydrogen) atoms. The topological polar surface area (TPSA) is 32.3 Å². The summed E-state index contributed by atoms with van der Waals surface area (Å²) in [6.45, 7) is 3.20. The van der Waals surface area contributed by atoms with E-state index in [9.17, 15) is 4.79 Å². The average Bonchev–Trinajstić information content (AvgIpc) is 2.32. The number of nitrogens with one attached hydrogen (secondary N) is 1. The summed E-state index contributed by atoms with van der Waals surface area (Å²) in [6.07, 6.45) is 0. The van der Waals surface area contributed by atoms with E-state index in [2.05, 4.69) is 36.5 Å². The fraction of sp³-hybridized carbons (Fsp3) is 0.462. The van der Waals surface area contributed by atoms with E-state index in [4.69, 9.17) is 0 Å². The van der Waals surface area contributed by atoms with Crippen LogP contribution in [-0.4, -0.2) is 37.2 Å². The van der Waals surface area contributed by atoms with Crippen molar-refractivity contribution in [3.05, 3.63) is 29.8 Å². The first kappa shape index (κ1) is 14.1. The van der Waals surface area contributed by atoms with Crippen LogP contribution in [0.1, 0.15) is 12.5 Å². The quantitative estimate of drug-likeness (QED) is 0.786. The number of hydrogen-bond donors (Lipinski definition) is 1. The highest BCUT2D eigenvalue weighted by molar-refractivity contribution is 7.99. The lowest BCUT2D eigenvalue weighted by Crippen LogP contribution is -2.33. The Kier molecular flexibility index (Phi) is 6.08. The van der Waals surface area contributed by atoms with Crippen molar-refractivity contribution >= 4 is 17.7 Å². The summed E-state index contributed by atoms with van der Waals surface area (Å²) in [5.41, 5.74) is 1.16. The zero-order valence-electron chi connectivity index (χ0n) is 10.7. The number of thioether (sulfide) groups is 1. The van der Waals surface area contributed by atoms with Gasteiger partial charge in [-0.3, -0.25) is 4.79 Å². The number of hydrogen-bond acceptors (Lipinski definition) is 3. The molecule has 1 aromatic carbocycles. The van der Waals surface area contributed by atoms with Crippen molar-refractivity contribution in [1.82, 2.24) is 10.2 Å². The lowest BCUT2D eigenvalue weighted by Gasteiger charge is -2.17. The predicted molar refractivity (Wildman–Crippen MR) is 73.2 cm³/mol. The third-order valence-corrected chi connectivity index (χ3v) is 3.30. The number of carbonyl (C=O) groups is 1. The largest absolute Gasteiger partial charge is 0.340 e. The van der Waals surface area contributed by atoms with Crippen LogP contribution >= 0.6 is 11.8 Å². The fourth-order valence-corrected chi connectivity index (χ4v) is 2.17. The number of rotatable bonds is 6. The highest BCUT2D eigenvalue weighted by atomic mass is 32.2. The summed E-state index contributed by atoms with van der Waals surface area (Å²) in [4.78, 5) is 14.6. The Morgan fingerprint density at radius 1 is 1.35 bits per heavy atom. The molecule has 94 valence electrons. The fourth-order valence-electron chi connectivity index (χ4n) is 1.51. The smallest absolute Gasteiger partial charge is 0.236 e. The van der Waals surface area contributed by atoms with Crippen LogP contribution in [0.3, 0.4) is 0 Å². The SMILES string of the molecule is CCSc1ccc(CN(C)C(=O)CNC)cc1. The van der Waals surface area contributed by atoms with E-state index in [1.54, 1.807) is 11.9 Å². The maximum atomic E-state index is 11.6. The van der Waals surface area contributed by atoms with Gasteiger partial charge in [0.05, 0.1) is 6.54 Å². The summed E-state index contributed by atoms with van der Waals surface area (Å²) < 4.78 is 0. The molecule has 0 unspecified atom stereocenters. The molecule has 1 amide bonds. The molecule has 0 fully saturated rings. The molecule has 0 spiro atoms. The summed E-state index contributed by atoms with van der Waals surface area (Å²) in [5, 5.41) is 2.87. The first-order chi connectivity index (χ1) is 8.17. The van der Waals surface area contributed by atoms with E-state index in [1.807, 2.05) is 18.8 Å². The molecule has 4 heteroatoms. The number of likely N-dealkylation sites (N-methyl/N-ethyl adjacent to an activating group) is 2. The minimum Gasteiger partial charge on any atom is -0.340 e. The first-order valence-electron chi connectivity index (χ1n) is 5.77. The monoisotopic (exact) mass is 252 g/mol. The highest BCUT2D eigenvalue weighted by Crippen LogP contribution is 2.18. The van der Waals surface area contributed by atoms with Crippen LogP contribution in [0.5, 0.6) is 0 Å². The second-order valence-electron chi connectivity index (χ2n) is 3.86. The van der Waals surface area contributed by atoms with Gasteiger partial charge in [0, 0.05) is 18.5 Å². The van der Waals surface area contributed by atoms with Crippen LogP contribution in [0.2, 0.25) is 0 Å². The predicted octanol–water partition coefficient (Wildman–Crippen LogP) is 1.98. The number of amides is 1. The molecule has 0 aliphatic rings. The molecule has 0 radical (unpaired) electrons. The first-order valence-corrected chi connectivity index (χ1v) is 6.76. The Morgan fingerprint density at radius 3 is 2.53 bits per heavy atom. The van der Waals surface area contributed by atoms with Crippen molar-refractivity contribution in [2.24, 2.45) is 0 Å². The minimum absolute atomic E-state index is 0.111. The van der Waals surface area contributed by atoms with Gasteiger partial charge >= 0.3 is 0 Å². The van der Waals surface area contributed by atoms with Gasteiger partial charge in [0.1, 0.15) is 0 Å². The maximum Gasteiger partial charge on any atom is 0.236 e. The van der Waals surface area contributed by atoms with Crippen molar-refractivity contribution in [3.63, 3.8) is 0 Å². The second-order valence-corrected chi connectivity index (χ2v) is 5.19. The normalized spacial score (nSPS) is 10.3. The molecule has 1 aromatic rings. The average molecular weight is 252 g/mol. The molecule has 0 saturated heterocycles. The van der Waals surface area contributed by atoms with Crippen molar-refractivity contribution in [2.45, 2.75) is 18.4 Å². The maximum absolute atomic E-state index is 11.6. The molecule has 1 N–H and O–H groups in total. The van der Waals surface area contributed by atoms with Crippen molar-refractivity contribution in [2.75, 3.05) is 26.4 Å². The number of benzene rings is 1. The van der Waals surface area contributed by atoms with Gasteiger partial charge in [-0.2, -0.15) is 0 Å². The Morgan fingerprint density at radius 2 is 2.00 bits per heavy atom. The minimum atomic E-state index is 0.111. The van der Waals surface area contributed by atoms with E-state index >= 15 is 0 Å². The molecule has 0 atom stereocenters. The lowest BCUT2D eigenvalue weighted by atomic mass is 10.2. The van der Waals surface area contributed by atoms with Gasteiger partial charge in [-0.05, 0) is 30.5 Å². The van der Waals surface area contributed by atoms with E-state index in [1.165, 1.54) is 4.90 Å². The van der Waals surface area contributed by atoms with Crippen molar-refractivity contribution in [1.29, 1.82) is 0 Å². The molecule has 0 aliphatic carbocycles. The van der Waals surface area contributed by atoms with Gasteiger partial charge in [-0.1, -0.05) is 19.1 Å². The standard InChI is InChI=1S/C13H20N2OS/c1-4-17-12-7-5-11(6-8-12)10-15(3)13(16)9-14-2/h5-8,14H,4,9-10H2,1-3H3. The van der Waals surface area contributed by atoms with Crippen molar-refractivity contribution in [3.8, 4) is 0 Å². The third kappa shape index (κ3) is 4.79. The zero-order chi connectivity index (χ0) is 12.7. The number of carbonyl (C=O) groups excluding carboxylic acids is 1. The molecular formula is C13H20N2OS. The van der Waals surface area contributed by atoms with Gasteiger partial charge < -0.3 is 10.2 Å². The van der Waals surface area contributed by atoms with Crippen LogP contribution in [0.15, 0.2) is 29.2 Å². The van der Waals surface area contributed by atoms with Gasteiger partial charge in [0.2, 0.25) is 5.91 Å². The van der Waals surface area contributed by atoms with Crippen LogP contribution in [0.25, 0.3) is 0 Å². The van der Waals surface area contributed by atoms with E-state index in [-0.39, 0.29) is 5.91 Å². The third-order valence-electron chi connectivity index (χ3n) is 2.41. The van der Waals surface area contributed by atoms with Crippen LogP contribution in [0.4, 0.5) is 0 Å². The molecule has 0 heterocycles. The molecule has 3 nitrogen and oxygen atoms in total. The number of nitrogens with zero attached hydrogens (tertiary/aromatic N) is 1. The summed E-state index contributed by atoms with van der Waals surface area (Å²) in [7, 11) is 3.61.